The van der Waals surface area contributed by atoms with Gasteiger partial charge in [-0.15, -0.1) is 0 Å². The number of aryl methyl sites for hydroxylation is 2. The molecule has 2 N–H and O–H groups in total. The van der Waals surface area contributed by atoms with Gasteiger partial charge in [-0.25, -0.2) is 4.39 Å². The van der Waals surface area contributed by atoms with E-state index in [1.807, 2.05) is 6.92 Å². The Morgan fingerprint density at radius 1 is 1.23 bits per heavy atom. The first-order valence-corrected chi connectivity index (χ1v) is 6.74. The largest absolute Gasteiger partial charge is 0.451 e. The maximum absolute atomic E-state index is 13.7. The van der Waals surface area contributed by atoms with Gasteiger partial charge in [-0.05, 0) is 38.1 Å². The maximum atomic E-state index is 13.7. The molecule has 0 atom stereocenters. The van der Waals surface area contributed by atoms with Crippen LogP contribution in [0.4, 0.5) is 10.1 Å². The van der Waals surface area contributed by atoms with Gasteiger partial charge >= 0.3 is 0 Å². The number of benzene rings is 1. The van der Waals surface area contributed by atoms with Crippen LogP contribution >= 0.6 is 0 Å². The molecule has 3 rings (SSSR count). The Bertz CT molecular complexity index is 816. The lowest BCUT2D eigenvalue weighted by Gasteiger charge is -2.03. The highest BCUT2D eigenvalue weighted by atomic mass is 19.1. The normalized spacial score (nSPS) is 10.7. The fourth-order valence-electron chi connectivity index (χ4n) is 2.18. The second-order valence-corrected chi connectivity index (χ2v) is 4.91. The number of rotatable bonds is 3. The van der Waals surface area contributed by atoms with Gasteiger partial charge in [-0.2, -0.15) is 5.10 Å². The van der Waals surface area contributed by atoms with Crippen molar-refractivity contribution in [2.45, 2.75) is 13.8 Å². The number of anilines is 1. The summed E-state index contributed by atoms with van der Waals surface area (Å²) < 4.78 is 19.2. The van der Waals surface area contributed by atoms with Crippen molar-refractivity contribution in [3.63, 3.8) is 0 Å². The van der Waals surface area contributed by atoms with E-state index in [0.717, 1.165) is 5.69 Å². The van der Waals surface area contributed by atoms with Crippen LogP contribution in [0.25, 0.3) is 11.3 Å². The summed E-state index contributed by atoms with van der Waals surface area (Å²) in [5.41, 5.74) is 2.38. The molecular formula is C16H14FN3O2. The van der Waals surface area contributed by atoms with Crippen LogP contribution in [0, 0.1) is 19.7 Å². The van der Waals surface area contributed by atoms with Crippen LogP contribution in [0.3, 0.4) is 0 Å². The fraction of sp³-hybridized carbons (Fsp3) is 0.125. The molecule has 0 bridgehead atoms. The summed E-state index contributed by atoms with van der Waals surface area (Å²) in [5, 5.41) is 9.53. The molecule has 22 heavy (non-hydrogen) atoms. The Hall–Kier alpha value is -2.89. The van der Waals surface area contributed by atoms with Crippen LogP contribution in [0.5, 0.6) is 0 Å². The first-order chi connectivity index (χ1) is 10.6. The minimum atomic E-state index is -0.407. The van der Waals surface area contributed by atoms with Crippen molar-refractivity contribution in [1.29, 1.82) is 0 Å². The van der Waals surface area contributed by atoms with Crippen LogP contribution in [0.2, 0.25) is 0 Å². The van der Waals surface area contributed by atoms with E-state index in [0.29, 0.717) is 22.7 Å². The molecule has 2 heterocycles. The van der Waals surface area contributed by atoms with E-state index in [9.17, 15) is 9.18 Å². The summed E-state index contributed by atoms with van der Waals surface area (Å²) in [6, 6.07) is 9.33. The van der Waals surface area contributed by atoms with E-state index < -0.39 is 11.7 Å². The fourth-order valence-corrected chi connectivity index (χ4v) is 2.18. The molecule has 5 nitrogen and oxygen atoms in total. The standard InChI is InChI=1S/C16H14FN3O2/c1-9-15(10(2)20-19-9)18-16(21)14-8-7-13(22-14)11-5-3-4-6-12(11)17/h3-8H,1-2H3,(H,18,21)(H,19,20). The number of carbonyl (C=O) groups is 1. The molecule has 0 aliphatic heterocycles. The first kappa shape index (κ1) is 14.1. The Morgan fingerprint density at radius 2 is 2.00 bits per heavy atom. The van der Waals surface area contributed by atoms with E-state index in [1.165, 1.54) is 12.1 Å². The smallest absolute Gasteiger partial charge is 0.291 e. The predicted molar refractivity (Wildman–Crippen MR) is 80.1 cm³/mol. The third-order valence-corrected chi connectivity index (χ3v) is 3.34. The second kappa shape index (κ2) is 5.48. The number of H-pyrrole nitrogens is 1. The zero-order valence-corrected chi connectivity index (χ0v) is 12.1. The lowest BCUT2D eigenvalue weighted by atomic mass is 10.1. The highest BCUT2D eigenvalue weighted by Crippen LogP contribution is 2.25. The summed E-state index contributed by atoms with van der Waals surface area (Å²) in [5.74, 6) is -0.386. The predicted octanol–water partition coefficient (Wildman–Crippen LogP) is 3.68. The SMILES string of the molecule is Cc1n[nH]c(C)c1NC(=O)c1ccc(-c2ccccc2F)o1. The Morgan fingerprint density at radius 3 is 2.68 bits per heavy atom. The van der Waals surface area contributed by atoms with Gasteiger partial charge in [0.25, 0.3) is 5.91 Å². The molecule has 0 aliphatic rings. The van der Waals surface area contributed by atoms with Crippen LogP contribution in [-0.4, -0.2) is 16.1 Å². The van der Waals surface area contributed by atoms with Crippen molar-refractivity contribution in [2.24, 2.45) is 0 Å². The second-order valence-electron chi connectivity index (χ2n) is 4.91. The topological polar surface area (TPSA) is 70.9 Å². The molecule has 0 aliphatic carbocycles. The summed E-state index contributed by atoms with van der Waals surface area (Å²) in [4.78, 5) is 12.2. The average molecular weight is 299 g/mol. The Labute approximate surface area is 126 Å². The summed E-state index contributed by atoms with van der Waals surface area (Å²) >= 11 is 0. The molecule has 0 radical (unpaired) electrons. The highest BCUT2D eigenvalue weighted by molar-refractivity contribution is 6.03. The lowest BCUT2D eigenvalue weighted by molar-refractivity contribution is 0.0997. The van der Waals surface area contributed by atoms with Crippen LogP contribution in [0.1, 0.15) is 21.9 Å². The summed E-state index contributed by atoms with van der Waals surface area (Å²) in [6.07, 6.45) is 0. The molecule has 3 aromatic rings. The summed E-state index contributed by atoms with van der Waals surface area (Å²) in [6.45, 7) is 3.59. The summed E-state index contributed by atoms with van der Waals surface area (Å²) in [7, 11) is 0. The molecule has 0 fully saturated rings. The zero-order valence-electron chi connectivity index (χ0n) is 12.1. The Balaban J connectivity index is 1.85. The van der Waals surface area contributed by atoms with E-state index >= 15 is 0 Å². The number of nitrogens with one attached hydrogen (secondary N) is 2. The zero-order chi connectivity index (χ0) is 15.7. The number of hydrogen-bond donors (Lipinski definition) is 2. The van der Waals surface area contributed by atoms with Crippen molar-refractivity contribution < 1.29 is 13.6 Å². The van der Waals surface area contributed by atoms with E-state index in [-0.39, 0.29) is 5.76 Å². The van der Waals surface area contributed by atoms with E-state index in [1.54, 1.807) is 31.2 Å². The van der Waals surface area contributed by atoms with Gasteiger partial charge in [0.2, 0.25) is 0 Å². The molecule has 0 unspecified atom stereocenters. The average Bonchev–Trinajstić information content (AvgIpc) is 3.10. The number of nitrogens with zero attached hydrogens (tertiary/aromatic N) is 1. The maximum Gasteiger partial charge on any atom is 0.291 e. The van der Waals surface area contributed by atoms with Crippen molar-refractivity contribution in [1.82, 2.24) is 10.2 Å². The number of hydrogen-bond acceptors (Lipinski definition) is 3. The van der Waals surface area contributed by atoms with Gasteiger partial charge in [-0.1, -0.05) is 12.1 Å². The number of aromatic amines is 1. The first-order valence-electron chi connectivity index (χ1n) is 6.74. The molecule has 2 aromatic heterocycles. The molecule has 1 amide bonds. The molecule has 0 spiro atoms. The number of aromatic nitrogens is 2. The van der Waals surface area contributed by atoms with Gasteiger partial charge < -0.3 is 9.73 Å². The number of halogens is 1. The number of furan rings is 1. The molecule has 112 valence electrons. The van der Waals surface area contributed by atoms with Gasteiger partial charge in [0, 0.05) is 0 Å². The minimum absolute atomic E-state index is 0.109. The van der Waals surface area contributed by atoms with Gasteiger partial charge in [0.05, 0.1) is 22.6 Å². The van der Waals surface area contributed by atoms with E-state index in [4.69, 9.17) is 4.42 Å². The molecule has 0 saturated carbocycles. The van der Waals surface area contributed by atoms with E-state index in [2.05, 4.69) is 15.5 Å². The molecule has 0 saturated heterocycles. The molecule has 6 heteroatoms. The van der Waals surface area contributed by atoms with Crippen molar-refractivity contribution >= 4 is 11.6 Å². The molecule has 1 aromatic carbocycles. The quantitative estimate of drug-likeness (QED) is 0.775. The van der Waals surface area contributed by atoms with Crippen molar-refractivity contribution in [3.05, 3.63) is 59.4 Å². The van der Waals surface area contributed by atoms with Crippen molar-refractivity contribution in [2.75, 3.05) is 5.32 Å². The van der Waals surface area contributed by atoms with Gasteiger partial charge in [0.15, 0.2) is 5.76 Å². The molecular weight excluding hydrogens is 285 g/mol. The highest BCUT2D eigenvalue weighted by Gasteiger charge is 2.16. The lowest BCUT2D eigenvalue weighted by Crippen LogP contribution is -2.11. The number of carbonyl (C=O) groups excluding carboxylic acids is 1. The third-order valence-electron chi connectivity index (χ3n) is 3.34. The third kappa shape index (κ3) is 2.50. The van der Waals surface area contributed by atoms with Gasteiger partial charge in [0.1, 0.15) is 11.6 Å². The van der Waals surface area contributed by atoms with Crippen LogP contribution in [0.15, 0.2) is 40.8 Å². The monoisotopic (exact) mass is 299 g/mol. The van der Waals surface area contributed by atoms with Gasteiger partial charge in [-0.3, -0.25) is 9.89 Å². The Kier molecular flexibility index (Phi) is 3.50. The van der Waals surface area contributed by atoms with Crippen molar-refractivity contribution in [3.8, 4) is 11.3 Å². The van der Waals surface area contributed by atoms with Crippen LogP contribution < -0.4 is 5.32 Å². The minimum Gasteiger partial charge on any atom is -0.451 e. The number of amides is 1. The van der Waals surface area contributed by atoms with Crippen LogP contribution in [-0.2, 0) is 0 Å².